The van der Waals surface area contributed by atoms with Crippen LogP contribution in [-0.4, -0.2) is 34.6 Å². The topological polar surface area (TPSA) is 40.5 Å². The van der Waals surface area contributed by atoms with E-state index in [-0.39, 0.29) is 12.0 Å². The minimum atomic E-state index is -0.628. The SMILES string of the molecule is CCCC(CC)N1CCC(C(=O)O)C1C. The van der Waals surface area contributed by atoms with Gasteiger partial charge in [0.05, 0.1) is 5.92 Å². The van der Waals surface area contributed by atoms with Crippen molar-refractivity contribution in [3.8, 4) is 0 Å². The van der Waals surface area contributed by atoms with E-state index >= 15 is 0 Å². The molecule has 1 saturated heterocycles. The first-order valence-electron chi connectivity index (χ1n) is 6.10. The van der Waals surface area contributed by atoms with Gasteiger partial charge in [-0.1, -0.05) is 20.3 Å². The second kappa shape index (κ2) is 5.50. The van der Waals surface area contributed by atoms with E-state index in [1.807, 2.05) is 0 Å². The van der Waals surface area contributed by atoms with Crippen molar-refractivity contribution in [3.05, 3.63) is 0 Å². The monoisotopic (exact) mass is 213 g/mol. The van der Waals surface area contributed by atoms with E-state index in [0.29, 0.717) is 6.04 Å². The Morgan fingerprint density at radius 1 is 1.53 bits per heavy atom. The van der Waals surface area contributed by atoms with Crippen LogP contribution in [0.2, 0.25) is 0 Å². The van der Waals surface area contributed by atoms with Crippen LogP contribution >= 0.6 is 0 Å². The molecule has 0 radical (unpaired) electrons. The van der Waals surface area contributed by atoms with Crippen LogP contribution in [0, 0.1) is 5.92 Å². The fraction of sp³-hybridized carbons (Fsp3) is 0.917. The summed E-state index contributed by atoms with van der Waals surface area (Å²) in [6.45, 7) is 7.40. The molecule has 3 unspecified atom stereocenters. The van der Waals surface area contributed by atoms with Gasteiger partial charge in [-0.25, -0.2) is 0 Å². The lowest BCUT2D eigenvalue weighted by atomic mass is 10.0. The number of carbonyl (C=O) groups is 1. The van der Waals surface area contributed by atoms with Crippen LogP contribution < -0.4 is 0 Å². The Balaban J connectivity index is 2.60. The number of hydrogen-bond donors (Lipinski definition) is 1. The molecule has 1 aliphatic heterocycles. The summed E-state index contributed by atoms with van der Waals surface area (Å²) < 4.78 is 0. The van der Waals surface area contributed by atoms with Crippen molar-refractivity contribution in [2.75, 3.05) is 6.54 Å². The molecule has 0 aromatic heterocycles. The van der Waals surface area contributed by atoms with Crippen molar-refractivity contribution in [1.82, 2.24) is 4.90 Å². The van der Waals surface area contributed by atoms with E-state index < -0.39 is 5.97 Å². The van der Waals surface area contributed by atoms with Crippen LogP contribution in [0.5, 0.6) is 0 Å². The lowest BCUT2D eigenvalue weighted by Crippen LogP contribution is -2.40. The third kappa shape index (κ3) is 2.71. The highest BCUT2D eigenvalue weighted by atomic mass is 16.4. The van der Waals surface area contributed by atoms with Gasteiger partial charge in [0.25, 0.3) is 0 Å². The van der Waals surface area contributed by atoms with E-state index in [1.54, 1.807) is 0 Å². The second-order valence-electron chi connectivity index (χ2n) is 4.56. The third-order valence-corrected chi connectivity index (χ3v) is 3.68. The van der Waals surface area contributed by atoms with E-state index in [1.165, 1.54) is 12.8 Å². The van der Waals surface area contributed by atoms with Gasteiger partial charge in [-0.3, -0.25) is 9.69 Å². The predicted octanol–water partition coefficient (Wildman–Crippen LogP) is 2.36. The van der Waals surface area contributed by atoms with Crippen LogP contribution in [0.1, 0.15) is 46.5 Å². The summed E-state index contributed by atoms with van der Waals surface area (Å²) in [7, 11) is 0. The molecular formula is C12H23NO2. The average Bonchev–Trinajstić information content (AvgIpc) is 2.57. The lowest BCUT2D eigenvalue weighted by Gasteiger charge is -2.31. The minimum Gasteiger partial charge on any atom is -0.481 e. The van der Waals surface area contributed by atoms with Gasteiger partial charge in [-0.2, -0.15) is 0 Å². The molecule has 1 fully saturated rings. The molecule has 0 aliphatic carbocycles. The molecule has 0 spiro atoms. The minimum absolute atomic E-state index is 0.157. The Bertz CT molecular complexity index is 218. The van der Waals surface area contributed by atoms with Crippen molar-refractivity contribution < 1.29 is 9.90 Å². The van der Waals surface area contributed by atoms with Crippen molar-refractivity contribution in [3.63, 3.8) is 0 Å². The summed E-state index contributed by atoms with van der Waals surface area (Å²) in [6.07, 6.45) is 4.31. The summed E-state index contributed by atoms with van der Waals surface area (Å²) in [5.41, 5.74) is 0. The molecular weight excluding hydrogens is 190 g/mol. The van der Waals surface area contributed by atoms with Crippen LogP contribution in [0.15, 0.2) is 0 Å². The molecule has 3 atom stereocenters. The van der Waals surface area contributed by atoms with E-state index in [2.05, 4.69) is 25.7 Å². The maximum Gasteiger partial charge on any atom is 0.308 e. The molecule has 0 saturated carbocycles. The number of hydrogen-bond acceptors (Lipinski definition) is 2. The maximum atomic E-state index is 11.0. The Labute approximate surface area is 92.5 Å². The van der Waals surface area contributed by atoms with Crippen molar-refractivity contribution in [1.29, 1.82) is 0 Å². The highest BCUT2D eigenvalue weighted by Gasteiger charge is 2.37. The Morgan fingerprint density at radius 2 is 2.20 bits per heavy atom. The average molecular weight is 213 g/mol. The van der Waals surface area contributed by atoms with Gasteiger partial charge in [0.2, 0.25) is 0 Å². The second-order valence-corrected chi connectivity index (χ2v) is 4.56. The summed E-state index contributed by atoms with van der Waals surface area (Å²) in [5, 5.41) is 9.06. The van der Waals surface area contributed by atoms with Gasteiger partial charge in [0.15, 0.2) is 0 Å². The molecule has 3 heteroatoms. The van der Waals surface area contributed by atoms with Crippen LogP contribution in [0.3, 0.4) is 0 Å². The zero-order chi connectivity index (χ0) is 11.4. The summed E-state index contributed by atoms with van der Waals surface area (Å²) in [5.74, 6) is -0.785. The standard InChI is InChI=1S/C12H23NO2/c1-4-6-10(5-2)13-8-7-11(9(13)3)12(14)15/h9-11H,4-8H2,1-3H3,(H,14,15). The molecule has 3 nitrogen and oxygen atoms in total. The molecule has 88 valence electrons. The van der Waals surface area contributed by atoms with E-state index in [4.69, 9.17) is 5.11 Å². The number of carboxylic acid groups (broad SMARTS) is 1. The molecule has 0 bridgehead atoms. The third-order valence-electron chi connectivity index (χ3n) is 3.68. The number of aliphatic carboxylic acids is 1. The summed E-state index contributed by atoms with van der Waals surface area (Å²) in [4.78, 5) is 13.4. The molecule has 0 aromatic rings. The molecule has 1 heterocycles. The maximum absolute atomic E-state index is 11.0. The molecule has 0 amide bonds. The van der Waals surface area contributed by atoms with Gasteiger partial charge in [-0.05, 0) is 32.7 Å². The van der Waals surface area contributed by atoms with Gasteiger partial charge in [0.1, 0.15) is 0 Å². The smallest absolute Gasteiger partial charge is 0.308 e. The summed E-state index contributed by atoms with van der Waals surface area (Å²) >= 11 is 0. The molecule has 0 aromatic carbocycles. The van der Waals surface area contributed by atoms with E-state index in [0.717, 1.165) is 19.4 Å². The number of rotatable bonds is 5. The fourth-order valence-electron chi connectivity index (χ4n) is 2.75. The van der Waals surface area contributed by atoms with Gasteiger partial charge in [-0.15, -0.1) is 0 Å². The first-order chi connectivity index (χ1) is 7.11. The zero-order valence-corrected chi connectivity index (χ0v) is 10.1. The van der Waals surface area contributed by atoms with Gasteiger partial charge < -0.3 is 5.11 Å². The van der Waals surface area contributed by atoms with Gasteiger partial charge in [0, 0.05) is 12.1 Å². The first kappa shape index (κ1) is 12.5. The number of carboxylic acids is 1. The van der Waals surface area contributed by atoms with Crippen LogP contribution in [0.25, 0.3) is 0 Å². The lowest BCUT2D eigenvalue weighted by molar-refractivity contribution is -0.142. The highest BCUT2D eigenvalue weighted by Crippen LogP contribution is 2.28. The Hall–Kier alpha value is -0.570. The largest absolute Gasteiger partial charge is 0.481 e. The van der Waals surface area contributed by atoms with Gasteiger partial charge >= 0.3 is 5.97 Å². The molecule has 15 heavy (non-hydrogen) atoms. The Kier molecular flexibility index (Phi) is 4.58. The van der Waals surface area contributed by atoms with Crippen LogP contribution in [-0.2, 0) is 4.79 Å². The highest BCUT2D eigenvalue weighted by molar-refractivity contribution is 5.71. The molecule has 1 aliphatic rings. The zero-order valence-electron chi connectivity index (χ0n) is 10.1. The van der Waals surface area contributed by atoms with E-state index in [9.17, 15) is 4.79 Å². The quantitative estimate of drug-likeness (QED) is 0.762. The number of likely N-dealkylation sites (tertiary alicyclic amines) is 1. The number of nitrogens with zero attached hydrogens (tertiary/aromatic N) is 1. The molecule has 1 N–H and O–H groups in total. The van der Waals surface area contributed by atoms with Crippen LogP contribution in [0.4, 0.5) is 0 Å². The van der Waals surface area contributed by atoms with Crippen molar-refractivity contribution in [2.24, 2.45) is 5.92 Å². The molecule has 1 rings (SSSR count). The fourth-order valence-corrected chi connectivity index (χ4v) is 2.75. The summed E-state index contributed by atoms with van der Waals surface area (Å²) in [6, 6.07) is 0.786. The predicted molar refractivity (Wildman–Crippen MR) is 60.9 cm³/mol. The Morgan fingerprint density at radius 3 is 2.60 bits per heavy atom. The van der Waals surface area contributed by atoms with Crippen molar-refractivity contribution >= 4 is 5.97 Å². The first-order valence-corrected chi connectivity index (χ1v) is 6.10. The normalized spacial score (nSPS) is 29.3. The van der Waals surface area contributed by atoms with Crippen molar-refractivity contribution in [2.45, 2.75) is 58.5 Å².